The summed E-state index contributed by atoms with van der Waals surface area (Å²) in [7, 11) is 0. The van der Waals surface area contributed by atoms with E-state index in [9.17, 15) is 4.79 Å². The van der Waals surface area contributed by atoms with E-state index in [0.717, 1.165) is 23.7 Å². The molecule has 0 radical (unpaired) electrons. The largest absolute Gasteiger partial charge is 0.345 e. The van der Waals surface area contributed by atoms with Crippen molar-refractivity contribution in [2.75, 3.05) is 13.1 Å². The maximum absolute atomic E-state index is 12.4. The third-order valence-electron chi connectivity index (χ3n) is 5.26. The Hall–Kier alpha value is -2.80. The van der Waals surface area contributed by atoms with E-state index in [1.165, 1.54) is 31.5 Å². The van der Waals surface area contributed by atoms with E-state index >= 15 is 0 Å². The van der Waals surface area contributed by atoms with E-state index in [-0.39, 0.29) is 11.7 Å². The van der Waals surface area contributed by atoms with Crippen molar-refractivity contribution in [1.82, 2.24) is 29.8 Å². The Balaban J connectivity index is 1.34. The van der Waals surface area contributed by atoms with Crippen LogP contribution in [-0.2, 0) is 13.1 Å². The predicted molar refractivity (Wildman–Crippen MR) is 107 cm³/mol. The van der Waals surface area contributed by atoms with E-state index in [2.05, 4.69) is 56.5 Å². The van der Waals surface area contributed by atoms with Crippen LogP contribution in [-0.4, -0.2) is 43.5 Å². The number of amides is 1. The fourth-order valence-corrected chi connectivity index (χ4v) is 3.72. The molecule has 3 aromatic rings. The van der Waals surface area contributed by atoms with Crippen molar-refractivity contribution in [2.24, 2.45) is 5.92 Å². The van der Waals surface area contributed by atoms with Crippen LogP contribution < -0.4 is 5.32 Å². The van der Waals surface area contributed by atoms with Gasteiger partial charge in [0.15, 0.2) is 0 Å². The van der Waals surface area contributed by atoms with Crippen LogP contribution in [0.3, 0.4) is 0 Å². The van der Waals surface area contributed by atoms with Gasteiger partial charge in [-0.25, -0.2) is 9.50 Å². The third kappa shape index (κ3) is 4.20. The summed E-state index contributed by atoms with van der Waals surface area (Å²) in [6, 6.07) is 10.3. The molecule has 146 valence electrons. The lowest BCUT2D eigenvalue weighted by Gasteiger charge is -2.30. The van der Waals surface area contributed by atoms with Crippen molar-refractivity contribution in [3.05, 3.63) is 59.2 Å². The molecule has 1 saturated heterocycles. The van der Waals surface area contributed by atoms with Crippen molar-refractivity contribution < 1.29 is 4.79 Å². The molecule has 1 fully saturated rings. The van der Waals surface area contributed by atoms with Crippen molar-refractivity contribution in [3.63, 3.8) is 0 Å². The van der Waals surface area contributed by atoms with Gasteiger partial charge in [-0.15, -0.1) is 5.10 Å². The van der Waals surface area contributed by atoms with E-state index < -0.39 is 0 Å². The summed E-state index contributed by atoms with van der Waals surface area (Å²) in [4.78, 5) is 23.2. The Morgan fingerprint density at radius 3 is 2.75 bits per heavy atom. The first-order valence-corrected chi connectivity index (χ1v) is 9.85. The van der Waals surface area contributed by atoms with Gasteiger partial charge in [0.25, 0.3) is 11.7 Å². The number of aryl methyl sites for hydroxylation is 1. The van der Waals surface area contributed by atoms with Crippen LogP contribution in [0.15, 0.2) is 36.5 Å². The summed E-state index contributed by atoms with van der Waals surface area (Å²) in [5.74, 6) is 1.06. The van der Waals surface area contributed by atoms with E-state index in [0.29, 0.717) is 12.3 Å². The second-order valence-electron chi connectivity index (χ2n) is 7.72. The van der Waals surface area contributed by atoms with Crippen LogP contribution in [0.25, 0.3) is 5.78 Å². The first-order valence-electron chi connectivity index (χ1n) is 9.85. The second kappa shape index (κ2) is 8.06. The molecule has 0 bridgehead atoms. The fraction of sp³-hybridized carbons (Fsp3) is 0.429. The molecule has 7 heteroatoms. The van der Waals surface area contributed by atoms with Crippen LogP contribution in [0, 0.1) is 12.8 Å². The minimum absolute atomic E-state index is 0.137. The molecule has 1 aromatic carbocycles. The molecular formula is C21H26N6O. The standard InChI is InChI=1S/C21H26N6O/c1-15-4-3-11-26(13-15)14-18-7-5-17(6-8-18)12-23-20(28)19-24-21-22-10-9-16(2)27(21)25-19/h5-10,15H,3-4,11-14H2,1-2H3,(H,23,28). The van der Waals surface area contributed by atoms with Crippen molar-refractivity contribution in [2.45, 2.75) is 39.8 Å². The van der Waals surface area contributed by atoms with Gasteiger partial charge in [-0.05, 0) is 49.4 Å². The second-order valence-corrected chi connectivity index (χ2v) is 7.72. The molecule has 1 unspecified atom stereocenters. The number of likely N-dealkylation sites (tertiary alicyclic amines) is 1. The van der Waals surface area contributed by atoms with Gasteiger partial charge in [0.2, 0.25) is 5.82 Å². The molecule has 2 aromatic heterocycles. The Bertz CT molecular complexity index is 965. The molecule has 1 N–H and O–H groups in total. The van der Waals surface area contributed by atoms with E-state index in [1.807, 2.05) is 13.0 Å². The molecule has 1 aliphatic rings. The highest BCUT2D eigenvalue weighted by Gasteiger charge is 2.16. The highest BCUT2D eigenvalue weighted by atomic mass is 16.2. The van der Waals surface area contributed by atoms with Gasteiger partial charge in [-0.1, -0.05) is 31.2 Å². The minimum atomic E-state index is -0.295. The maximum atomic E-state index is 12.4. The maximum Gasteiger partial charge on any atom is 0.291 e. The number of rotatable bonds is 5. The minimum Gasteiger partial charge on any atom is -0.345 e. The number of carbonyl (C=O) groups is 1. The average molecular weight is 378 g/mol. The molecule has 0 aliphatic carbocycles. The van der Waals surface area contributed by atoms with Gasteiger partial charge in [-0.2, -0.15) is 4.98 Å². The number of hydrogen-bond donors (Lipinski definition) is 1. The zero-order valence-corrected chi connectivity index (χ0v) is 16.4. The molecule has 28 heavy (non-hydrogen) atoms. The summed E-state index contributed by atoms with van der Waals surface area (Å²) >= 11 is 0. The number of benzene rings is 1. The Morgan fingerprint density at radius 1 is 1.21 bits per heavy atom. The SMILES string of the molecule is Cc1ccnc2nc(C(=O)NCc3ccc(CN4CCCC(C)C4)cc3)nn12. The Labute approximate surface area is 164 Å². The zero-order chi connectivity index (χ0) is 19.5. The van der Waals surface area contributed by atoms with Crippen molar-refractivity contribution in [1.29, 1.82) is 0 Å². The van der Waals surface area contributed by atoms with Gasteiger partial charge >= 0.3 is 0 Å². The number of piperidine rings is 1. The molecule has 3 heterocycles. The zero-order valence-electron chi connectivity index (χ0n) is 16.4. The molecule has 0 saturated carbocycles. The lowest BCUT2D eigenvalue weighted by molar-refractivity contribution is 0.0940. The molecule has 4 rings (SSSR count). The third-order valence-corrected chi connectivity index (χ3v) is 5.26. The predicted octanol–water partition coefficient (Wildman–Crippen LogP) is 2.59. The fourth-order valence-electron chi connectivity index (χ4n) is 3.72. The van der Waals surface area contributed by atoms with Gasteiger partial charge in [0.05, 0.1) is 0 Å². The van der Waals surface area contributed by atoms with E-state index in [4.69, 9.17) is 0 Å². The highest BCUT2D eigenvalue weighted by Crippen LogP contribution is 2.18. The monoisotopic (exact) mass is 378 g/mol. The van der Waals surface area contributed by atoms with Gasteiger partial charge in [0.1, 0.15) is 0 Å². The van der Waals surface area contributed by atoms with Crippen LogP contribution in [0.1, 0.15) is 47.2 Å². The van der Waals surface area contributed by atoms with Crippen LogP contribution in [0.4, 0.5) is 0 Å². The lowest BCUT2D eigenvalue weighted by Crippen LogP contribution is -2.33. The number of hydrogen-bond acceptors (Lipinski definition) is 5. The average Bonchev–Trinajstić information content (AvgIpc) is 3.13. The lowest BCUT2D eigenvalue weighted by atomic mass is 9.99. The summed E-state index contributed by atoms with van der Waals surface area (Å²) in [5.41, 5.74) is 3.25. The summed E-state index contributed by atoms with van der Waals surface area (Å²) in [6.07, 6.45) is 4.29. The van der Waals surface area contributed by atoms with Gasteiger partial charge in [0, 0.05) is 31.5 Å². The van der Waals surface area contributed by atoms with Gasteiger partial charge in [-0.3, -0.25) is 9.69 Å². The topological polar surface area (TPSA) is 75.4 Å². The van der Waals surface area contributed by atoms with Crippen molar-refractivity contribution >= 4 is 11.7 Å². The number of fused-ring (bicyclic) bond motifs is 1. The smallest absolute Gasteiger partial charge is 0.291 e. The van der Waals surface area contributed by atoms with Crippen LogP contribution in [0.5, 0.6) is 0 Å². The first-order chi connectivity index (χ1) is 13.6. The van der Waals surface area contributed by atoms with Gasteiger partial charge < -0.3 is 5.32 Å². The highest BCUT2D eigenvalue weighted by molar-refractivity contribution is 5.90. The number of nitrogens with one attached hydrogen (secondary N) is 1. The normalized spacial score (nSPS) is 17.7. The molecule has 1 aliphatic heterocycles. The van der Waals surface area contributed by atoms with Crippen LogP contribution >= 0.6 is 0 Å². The summed E-state index contributed by atoms with van der Waals surface area (Å²) < 4.78 is 1.57. The summed E-state index contributed by atoms with van der Waals surface area (Å²) in [6.45, 7) is 8.03. The Morgan fingerprint density at radius 2 is 2.00 bits per heavy atom. The summed E-state index contributed by atoms with van der Waals surface area (Å²) in [5, 5.41) is 7.12. The molecular weight excluding hydrogens is 352 g/mol. The molecule has 7 nitrogen and oxygen atoms in total. The molecule has 1 atom stereocenters. The van der Waals surface area contributed by atoms with Crippen LogP contribution in [0.2, 0.25) is 0 Å². The van der Waals surface area contributed by atoms with Crippen molar-refractivity contribution in [3.8, 4) is 0 Å². The molecule has 1 amide bonds. The molecule has 0 spiro atoms. The van der Waals surface area contributed by atoms with E-state index in [1.54, 1.807) is 10.7 Å². The Kier molecular flexibility index (Phi) is 5.34. The first kappa shape index (κ1) is 18.6. The number of carbonyl (C=O) groups excluding carboxylic acids is 1. The number of nitrogens with zero attached hydrogens (tertiary/aromatic N) is 5. The number of aromatic nitrogens is 4. The quantitative estimate of drug-likeness (QED) is 0.739.